The van der Waals surface area contributed by atoms with Gasteiger partial charge in [-0.25, -0.2) is 9.97 Å². The maximum absolute atomic E-state index is 13.5. The largest absolute Gasteiger partial charge is 0.481 e. The molecule has 0 bridgehead atoms. The number of benzene rings is 3. The number of nitrogens with zero attached hydrogens (tertiary/aromatic N) is 3. The van der Waals surface area contributed by atoms with Gasteiger partial charge in [-0.3, -0.25) is 9.59 Å². The maximum Gasteiger partial charge on any atom is 0.303 e. The third-order valence-electron chi connectivity index (χ3n) is 7.54. The van der Waals surface area contributed by atoms with E-state index in [2.05, 4.69) is 46.9 Å². The van der Waals surface area contributed by atoms with Crippen LogP contribution >= 0.6 is 34.2 Å². The standard InChI is InChI=1S/C32H31ClIN3O3/c33-26-12-9-24(10-13-26)31-28(3-1-2-4-30(38)39)35-29-19-25(11-14-27(29)36-31)32(40)37-17-15-23(16-18-37)22-7-5-21(20-34)6-8-22/h5-14,19,23H,1-4,15-18,20H2,(H,38,39). The van der Waals surface area contributed by atoms with Crippen LogP contribution in [0.3, 0.4) is 0 Å². The number of unbranched alkanes of at least 4 members (excludes halogenated alkanes) is 1. The van der Waals surface area contributed by atoms with Gasteiger partial charge in [-0.05, 0) is 79.5 Å². The first-order chi connectivity index (χ1) is 19.4. The van der Waals surface area contributed by atoms with Gasteiger partial charge in [0.1, 0.15) is 0 Å². The number of hydrogen-bond acceptors (Lipinski definition) is 4. The first-order valence-electron chi connectivity index (χ1n) is 13.6. The number of aromatic nitrogens is 2. The Morgan fingerprint density at radius 1 is 0.925 bits per heavy atom. The van der Waals surface area contributed by atoms with Gasteiger partial charge in [-0.15, -0.1) is 0 Å². The van der Waals surface area contributed by atoms with Crippen LogP contribution in [0.4, 0.5) is 0 Å². The number of carbonyl (C=O) groups excluding carboxylic acids is 1. The van der Waals surface area contributed by atoms with Crippen LogP contribution < -0.4 is 0 Å². The van der Waals surface area contributed by atoms with Gasteiger partial charge in [0.05, 0.1) is 22.4 Å². The molecule has 3 aromatic carbocycles. The molecule has 2 heterocycles. The fourth-order valence-corrected chi connectivity index (χ4v) is 5.92. The molecule has 1 N–H and O–H groups in total. The van der Waals surface area contributed by atoms with Crippen molar-refractivity contribution in [3.8, 4) is 11.3 Å². The molecule has 206 valence electrons. The van der Waals surface area contributed by atoms with Gasteiger partial charge in [-0.1, -0.05) is 70.6 Å². The van der Waals surface area contributed by atoms with Crippen molar-refractivity contribution in [2.24, 2.45) is 0 Å². The summed E-state index contributed by atoms with van der Waals surface area (Å²) >= 11 is 8.48. The molecule has 6 nitrogen and oxygen atoms in total. The Bertz CT molecular complexity index is 1500. The number of aryl methyl sites for hydroxylation is 1. The molecule has 8 heteroatoms. The van der Waals surface area contributed by atoms with Crippen molar-refractivity contribution >= 4 is 57.1 Å². The van der Waals surface area contributed by atoms with E-state index in [-0.39, 0.29) is 12.3 Å². The van der Waals surface area contributed by atoms with Crippen LogP contribution in [0.5, 0.6) is 0 Å². The number of rotatable bonds is 9. The minimum atomic E-state index is -0.802. The van der Waals surface area contributed by atoms with Gasteiger partial charge in [-0.2, -0.15) is 0 Å². The van der Waals surface area contributed by atoms with E-state index in [1.54, 1.807) is 0 Å². The minimum Gasteiger partial charge on any atom is -0.481 e. The van der Waals surface area contributed by atoms with Crippen molar-refractivity contribution in [1.29, 1.82) is 0 Å². The second-order valence-corrected chi connectivity index (χ2v) is 11.5. The first kappa shape index (κ1) is 28.5. The zero-order valence-corrected chi connectivity index (χ0v) is 25.1. The van der Waals surface area contributed by atoms with Gasteiger partial charge in [0.2, 0.25) is 0 Å². The number of hydrogen-bond donors (Lipinski definition) is 1. The molecule has 5 rings (SSSR count). The van der Waals surface area contributed by atoms with Crippen LogP contribution in [0, 0.1) is 0 Å². The molecule has 1 fully saturated rings. The molecule has 0 spiro atoms. The van der Waals surface area contributed by atoms with Crippen LogP contribution in [-0.2, 0) is 15.6 Å². The number of amides is 1. The third-order valence-corrected chi connectivity index (χ3v) is 8.68. The average molecular weight is 668 g/mol. The Hall–Kier alpha value is -3.04. The van der Waals surface area contributed by atoms with E-state index in [1.807, 2.05) is 47.4 Å². The molecule has 1 amide bonds. The topological polar surface area (TPSA) is 83.4 Å². The van der Waals surface area contributed by atoms with Gasteiger partial charge in [0.25, 0.3) is 5.91 Å². The summed E-state index contributed by atoms with van der Waals surface area (Å²) in [6, 6.07) is 21.9. The molecule has 0 atom stereocenters. The number of halogens is 2. The molecule has 0 unspecified atom stereocenters. The summed E-state index contributed by atoms with van der Waals surface area (Å²) in [5.41, 5.74) is 7.13. The Kier molecular flexibility index (Phi) is 9.32. The van der Waals surface area contributed by atoms with E-state index < -0.39 is 5.97 Å². The van der Waals surface area contributed by atoms with E-state index in [0.717, 1.165) is 47.3 Å². The quantitative estimate of drug-likeness (QED) is 0.112. The van der Waals surface area contributed by atoms with Gasteiger partial charge in [0, 0.05) is 40.1 Å². The highest BCUT2D eigenvalue weighted by Crippen LogP contribution is 2.30. The lowest BCUT2D eigenvalue weighted by atomic mass is 9.89. The summed E-state index contributed by atoms with van der Waals surface area (Å²) in [5.74, 6) is -0.305. The van der Waals surface area contributed by atoms with E-state index >= 15 is 0 Å². The van der Waals surface area contributed by atoms with Gasteiger partial charge >= 0.3 is 5.97 Å². The zero-order valence-electron chi connectivity index (χ0n) is 22.2. The number of fused-ring (bicyclic) bond motifs is 1. The summed E-state index contributed by atoms with van der Waals surface area (Å²) in [7, 11) is 0. The molecule has 4 aromatic rings. The first-order valence-corrected chi connectivity index (χ1v) is 15.5. The highest BCUT2D eigenvalue weighted by Gasteiger charge is 2.25. The zero-order chi connectivity index (χ0) is 28.1. The average Bonchev–Trinajstić information content (AvgIpc) is 2.99. The lowest BCUT2D eigenvalue weighted by Crippen LogP contribution is -2.37. The smallest absolute Gasteiger partial charge is 0.303 e. The van der Waals surface area contributed by atoms with Gasteiger partial charge in [0.15, 0.2) is 0 Å². The number of aliphatic carboxylic acids is 1. The van der Waals surface area contributed by atoms with Crippen LogP contribution in [0.15, 0.2) is 66.7 Å². The monoisotopic (exact) mass is 667 g/mol. The predicted octanol–water partition coefficient (Wildman–Crippen LogP) is 7.70. The Morgan fingerprint density at radius 3 is 2.33 bits per heavy atom. The van der Waals surface area contributed by atoms with Crippen molar-refractivity contribution in [3.05, 3.63) is 94.1 Å². The lowest BCUT2D eigenvalue weighted by Gasteiger charge is -2.32. The van der Waals surface area contributed by atoms with Crippen LogP contribution in [0.25, 0.3) is 22.3 Å². The summed E-state index contributed by atoms with van der Waals surface area (Å²) in [6.45, 7) is 1.46. The lowest BCUT2D eigenvalue weighted by molar-refractivity contribution is -0.137. The molecule has 1 saturated heterocycles. The third kappa shape index (κ3) is 6.81. The second kappa shape index (κ2) is 13.1. The van der Waals surface area contributed by atoms with Crippen molar-refractivity contribution in [3.63, 3.8) is 0 Å². The number of likely N-dealkylation sites (tertiary alicyclic amines) is 1. The van der Waals surface area contributed by atoms with E-state index in [1.165, 1.54) is 11.1 Å². The Labute approximate surface area is 252 Å². The van der Waals surface area contributed by atoms with E-state index in [0.29, 0.717) is 46.8 Å². The van der Waals surface area contributed by atoms with E-state index in [9.17, 15) is 9.59 Å². The van der Waals surface area contributed by atoms with Crippen molar-refractivity contribution in [1.82, 2.24) is 14.9 Å². The number of piperidine rings is 1. The summed E-state index contributed by atoms with van der Waals surface area (Å²) in [6.07, 6.45) is 3.86. The molecule has 0 aliphatic carbocycles. The molecular formula is C32H31ClIN3O3. The number of carboxylic acid groups (broad SMARTS) is 1. The molecule has 1 aliphatic rings. The SMILES string of the molecule is O=C(O)CCCCc1nc2cc(C(=O)N3CCC(c4ccc(CI)cc4)CC3)ccc2nc1-c1ccc(Cl)cc1. The van der Waals surface area contributed by atoms with Crippen LogP contribution in [0.1, 0.15) is 65.2 Å². The fraction of sp³-hybridized carbons (Fsp3) is 0.312. The maximum atomic E-state index is 13.5. The van der Waals surface area contributed by atoms with Crippen molar-refractivity contribution in [2.45, 2.75) is 48.9 Å². The molecular weight excluding hydrogens is 637 g/mol. The molecule has 0 radical (unpaired) electrons. The van der Waals surface area contributed by atoms with E-state index in [4.69, 9.17) is 26.7 Å². The number of carboxylic acids is 1. The Balaban J connectivity index is 1.34. The van der Waals surface area contributed by atoms with Crippen molar-refractivity contribution in [2.75, 3.05) is 13.1 Å². The van der Waals surface area contributed by atoms with Crippen molar-refractivity contribution < 1.29 is 14.7 Å². The van der Waals surface area contributed by atoms with Crippen LogP contribution in [-0.4, -0.2) is 44.9 Å². The molecule has 0 saturated carbocycles. The number of alkyl halides is 1. The second-order valence-electron chi connectivity index (χ2n) is 10.3. The summed E-state index contributed by atoms with van der Waals surface area (Å²) in [4.78, 5) is 36.2. The fourth-order valence-electron chi connectivity index (χ4n) is 5.28. The van der Waals surface area contributed by atoms with Gasteiger partial charge < -0.3 is 10.0 Å². The van der Waals surface area contributed by atoms with Crippen LogP contribution in [0.2, 0.25) is 5.02 Å². The predicted molar refractivity (Wildman–Crippen MR) is 167 cm³/mol. The highest BCUT2D eigenvalue weighted by atomic mass is 127. The highest BCUT2D eigenvalue weighted by molar-refractivity contribution is 14.1. The molecule has 40 heavy (non-hydrogen) atoms. The summed E-state index contributed by atoms with van der Waals surface area (Å²) in [5, 5.41) is 9.66. The molecule has 1 aliphatic heterocycles. The Morgan fingerprint density at radius 2 is 1.65 bits per heavy atom. The number of carbonyl (C=O) groups is 2. The molecule has 1 aromatic heterocycles. The minimum absolute atomic E-state index is 0.0206. The summed E-state index contributed by atoms with van der Waals surface area (Å²) < 4.78 is 1.01. The normalized spacial score (nSPS) is 14.0.